The van der Waals surface area contributed by atoms with Gasteiger partial charge >= 0.3 is 0 Å². The van der Waals surface area contributed by atoms with Crippen molar-refractivity contribution in [3.63, 3.8) is 0 Å². The minimum Gasteiger partial charge on any atom is -0.495 e. The van der Waals surface area contributed by atoms with Crippen LogP contribution in [0.1, 0.15) is 0 Å². The van der Waals surface area contributed by atoms with Crippen LogP contribution in [0.5, 0.6) is 5.75 Å². The van der Waals surface area contributed by atoms with Gasteiger partial charge < -0.3 is 9.26 Å². The van der Waals surface area contributed by atoms with Crippen LogP contribution in [-0.2, 0) is 0 Å². The first-order valence-corrected chi connectivity index (χ1v) is 6.07. The molecule has 3 rings (SSSR count). The number of rotatable bonds is 2. The summed E-state index contributed by atoms with van der Waals surface area (Å²) < 4.78 is 37.3. The third-order valence-electron chi connectivity index (χ3n) is 2.97. The van der Waals surface area contributed by atoms with Crippen molar-refractivity contribution in [1.82, 2.24) is 5.16 Å². The van der Waals surface area contributed by atoms with Crippen molar-refractivity contribution in [3.8, 4) is 17.0 Å². The first-order chi connectivity index (χ1) is 9.63. The van der Waals surface area contributed by atoms with Crippen LogP contribution in [0.2, 0.25) is 5.02 Å². The Morgan fingerprint density at radius 3 is 2.75 bits per heavy atom. The van der Waals surface area contributed by atoms with Gasteiger partial charge in [0.1, 0.15) is 16.5 Å². The fraction of sp³-hybridized carbons (Fsp3) is 0.0714. The summed E-state index contributed by atoms with van der Waals surface area (Å²) in [4.78, 5) is 0. The molecule has 0 fully saturated rings. The molecule has 1 aromatic heterocycles. The number of methoxy groups -OCH3 is 1. The molecule has 0 saturated carbocycles. The Balaban J connectivity index is 2.28. The van der Waals surface area contributed by atoms with Crippen molar-refractivity contribution in [2.24, 2.45) is 0 Å². The molecule has 0 N–H and O–H groups in total. The third kappa shape index (κ3) is 1.82. The van der Waals surface area contributed by atoms with Crippen LogP contribution in [0.25, 0.3) is 22.2 Å². The number of ether oxygens (including phenoxy) is 1. The molecule has 20 heavy (non-hydrogen) atoms. The fourth-order valence-electron chi connectivity index (χ4n) is 1.99. The quantitative estimate of drug-likeness (QED) is 0.701. The van der Waals surface area contributed by atoms with Gasteiger partial charge in [-0.05, 0) is 24.3 Å². The summed E-state index contributed by atoms with van der Waals surface area (Å²) in [5.41, 5.74) is 0.483. The predicted octanol–water partition coefficient (Wildman–Crippen LogP) is 4.44. The van der Waals surface area contributed by atoms with Crippen LogP contribution >= 0.6 is 11.6 Å². The van der Waals surface area contributed by atoms with Crippen LogP contribution in [0.4, 0.5) is 8.78 Å². The Morgan fingerprint density at radius 1 is 1.20 bits per heavy atom. The maximum absolute atomic E-state index is 13.8. The number of aromatic nitrogens is 1. The minimum absolute atomic E-state index is 0.0185. The molecule has 1 heterocycles. The summed E-state index contributed by atoms with van der Waals surface area (Å²) >= 11 is 6.09. The molecule has 0 atom stereocenters. The van der Waals surface area contributed by atoms with Crippen LogP contribution in [0.3, 0.4) is 0 Å². The van der Waals surface area contributed by atoms with Gasteiger partial charge in [0.25, 0.3) is 0 Å². The minimum atomic E-state index is -0.977. The van der Waals surface area contributed by atoms with Gasteiger partial charge in [-0.2, -0.15) is 0 Å². The molecule has 0 radical (unpaired) electrons. The van der Waals surface area contributed by atoms with Gasteiger partial charge in [-0.1, -0.05) is 22.8 Å². The maximum Gasteiger partial charge on any atom is 0.189 e. The van der Waals surface area contributed by atoms with E-state index in [1.807, 2.05) is 0 Å². The third-order valence-corrected chi connectivity index (χ3v) is 3.33. The van der Waals surface area contributed by atoms with Crippen molar-refractivity contribution >= 4 is 22.6 Å². The fourth-order valence-corrected chi connectivity index (χ4v) is 2.27. The molecule has 2 aromatic carbocycles. The van der Waals surface area contributed by atoms with Crippen LogP contribution in [0.15, 0.2) is 34.9 Å². The highest BCUT2D eigenvalue weighted by molar-refractivity contribution is 6.36. The van der Waals surface area contributed by atoms with E-state index in [1.165, 1.54) is 19.2 Å². The molecule has 102 valence electrons. The number of hydrogen-bond donors (Lipinski definition) is 0. The molecular weight excluding hydrogens is 288 g/mol. The summed E-state index contributed by atoms with van der Waals surface area (Å²) in [6.07, 6.45) is 0. The molecule has 0 amide bonds. The highest BCUT2D eigenvalue weighted by Crippen LogP contribution is 2.38. The number of halogens is 3. The van der Waals surface area contributed by atoms with E-state index in [0.29, 0.717) is 11.1 Å². The van der Waals surface area contributed by atoms with E-state index >= 15 is 0 Å². The molecule has 3 nitrogen and oxygen atoms in total. The monoisotopic (exact) mass is 295 g/mol. The molecular formula is C14H8ClF2NO2. The van der Waals surface area contributed by atoms with Crippen molar-refractivity contribution in [1.29, 1.82) is 0 Å². The Morgan fingerprint density at radius 2 is 2.00 bits per heavy atom. The van der Waals surface area contributed by atoms with E-state index < -0.39 is 11.6 Å². The molecule has 0 aliphatic carbocycles. The van der Waals surface area contributed by atoms with E-state index in [1.54, 1.807) is 12.1 Å². The number of fused-ring (bicyclic) bond motifs is 1. The van der Waals surface area contributed by atoms with Gasteiger partial charge in [0, 0.05) is 5.56 Å². The van der Waals surface area contributed by atoms with E-state index in [9.17, 15) is 8.78 Å². The molecule has 6 heteroatoms. The van der Waals surface area contributed by atoms with Crippen molar-refractivity contribution < 1.29 is 18.0 Å². The van der Waals surface area contributed by atoms with Gasteiger partial charge in [0.05, 0.1) is 12.5 Å². The zero-order valence-electron chi connectivity index (χ0n) is 10.3. The first kappa shape index (κ1) is 12.9. The summed E-state index contributed by atoms with van der Waals surface area (Å²) in [7, 11) is 1.47. The topological polar surface area (TPSA) is 35.3 Å². The van der Waals surface area contributed by atoms with Crippen LogP contribution in [-0.4, -0.2) is 12.3 Å². The molecule has 0 spiro atoms. The lowest BCUT2D eigenvalue weighted by atomic mass is 10.1. The van der Waals surface area contributed by atoms with Crippen molar-refractivity contribution in [2.45, 2.75) is 0 Å². The molecule has 0 unspecified atom stereocenters. The smallest absolute Gasteiger partial charge is 0.189 e. The largest absolute Gasteiger partial charge is 0.495 e. The summed E-state index contributed by atoms with van der Waals surface area (Å²) in [5.74, 6) is -1.51. The lowest BCUT2D eigenvalue weighted by Crippen LogP contribution is -1.89. The van der Waals surface area contributed by atoms with Crippen molar-refractivity contribution in [2.75, 3.05) is 7.11 Å². The Bertz CT molecular complexity index is 801. The highest BCUT2D eigenvalue weighted by atomic mass is 35.5. The Hall–Kier alpha value is -2.14. The maximum atomic E-state index is 13.8. The lowest BCUT2D eigenvalue weighted by Gasteiger charge is -2.03. The average molecular weight is 296 g/mol. The second kappa shape index (κ2) is 4.76. The van der Waals surface area contributed by atoms with Gasteiger partial charge in [0.2, 0.25) is 0 Å². The zero-order chi connectivity index (χ0) is 14.3. The number of hydrogen-bond acceptors (Lipinski definition) is 3. The normalized spacial score (nSPS) is 11.0. The average Bonchev–Trinajstić information content (AvgIpc) is 2.87. The van der Waals surface area contributed by atoms with Gasteiger partial charge in [-0.3, -0.25) is 0 Å². The predicted molar refractivity (Wildman–Crippen MR) is 70.9 cm³/mol. The van der Waals surface area contributed by atoms with E-state index in [-0.39, 0.29) is 21.9 Å². The van der Waals surface area contributed by atoms with Crippen LogP contribution < -0.4 is 4.74 Å². The van der Waals surface area contributed by atoms with E-state index in [4.69, 9.17) is 20.9 Å². The summed E-state index contributed by atoms with van der Waals surface area (Å²) in [6, 6.07) is 7.11. The highest BCUT2D eigenvalue weighted by Gasteiger charge is 2.19. The van der Waals surface area contributed by atoms with E-state index in [2.05, 4.69) is 5.16 Å². The second-order valence-electron chi connectivity index (χ2n) is 4.09. The van der Waals surface area contributed by atoms with Gasteiger partial charge in [-0.15, -0.1) is 0 Å². The summed E-state index contributed by atoms with van der Waals surface area (Å²) in [5, 5.41) is 4.51. The number of benzene rings is 2. The number of nitrogens with zero attached hydrogens (tertiary/aromatic N) is 1. The SMILES string of the molecule is COc1ccc2c(-c3cccc(F)c3F)noc2c1Cl. The standard InChI is InChI=1S/C14H8ClF2NO2/c1-19-10-6-5-8-13(18-20-14(8)11(10)15)7-3-2-4-9(16)12(7)17/h2-6H,1H3. The second-order valence-corrected chi connectivity index (χ2v) is 4.47. The van der Waals surface area contributed by atoms with Crippen molar-refractivity contribution in [3.05, 3.63) is 47.0 Å². The molecule has 3 aromatic rings. The lowest BCUT2D eigenvalue weighted by molar-refractivity contribution is 0.412. The Kier molecular flexibility index (Phi) is 3.06. The van der Waals surface area contributed by atoms with Gasteiger partial charge in [-0.25, -0.2) is 8.78 Å². The van der Waals surface area contributed by atoms with Crippen LogP contribution in [0, 0.1) is 11.6 Å². The molecule has 0 bridgehead atoms. The summed E-state index contributed by atoms with van der Waals surface area (Å²) in [6.45, 7) is 0. The molecule has 0 saturated heterocycles. The first-order valence-electron chi connectivity index (χ1n) is 5.69. The van der Waals surface area contributed by atoms with Gasteiger partial charge in [0.15, 0.2) is 17.2 Å². The molecule has 0 aliphatic heterocycles. The van der Waals surface area contributed by atoms with E-state index in [0.717, 1.165) is 6.07 Å². The molecule has 0 aliphatic rings. The zero-order valence-corrected chi connectivity index (χ0v) is 11.0. The Labute approximate surface area is 117 Å².